The van der Waals surface area contributed by atoms with Gasteiger partial charge >= 0.3 is 5.97 Å². The van der Waals surface area contributed by atoms with E-state index < -0.39 is 5.97 Å². The minimum absolute atomic E-state index is 0.389. The van der Waals surface area contributed by atoms with Crippen LogP contribution in [0.1, 0.15) is 13.8 Å². The van der Waals surface area contributed by atoms with E-state index in [4.69, 9.17) is 15.3 Å². The fourth-order valence-electron chi connectivity index (χ4n) is 0.123. The Labute approximate surface area is 58.7 Å². The van der Waals surface area contributed by atoms with E-state index in [0.717, 1.165) is 6.08 Å². The minimum atomic E-state index is -0.845. The molecule has 0 bridgehead atoms. The highest BCUT2D eigenvalue weighted by Crippen LogP contribution is 1.87. The van der Waals surface area contributed by atoms with E-state index in [1.807, 2.05) is 0 Å². The van der Waals surface area contributed by atoms with Crippen LogP contribution in [0.4, 0.5) is 0 Å². The van der Waals surface area contributed by atoms with Crippen LogP contribution in [0.2, 0.25) is 0 Å². The van der Waals surface area contributed by atoms with Crippen LogP contribution in [0.3, 0.4) is 0 Å². The van der Waals surface area contributed by atoms with Gasteiger partial charge in [-0.1, -0.05) is 6.08 Å². The van der Waals surface area contributed by atoms with Crippen LogP contribution < -0.4 is 0 Å². The van der Waals surface area contributed by atoms with Gasteiger partial charge in [-0.25, -0.2) is 15.0 Å². The molecule has 0 heterocycles. The van der Waals surface area contributed by atoms with Gasteiger partial charge in [0.25, 0.3) is 0 Å². The van der Waals surface area contributed by atoms with E-state index >= 15 is 0 Å². The van der Waals surface area contributed by atoms with Crippen molar-refractivity contribution in [3.05, 3.63) is 11.6 Å². The summed E-state index contributed by atoms with van der Waals surface area (Å²) in [5.41, 5.74) is 0.389. The van der Waals surface area contributed by atoms with E-state index in [2.05, 4.69) is 0 Å². The maximum absolute atomic E-state index is 9.86. The lowest BCUT2D eigenvalue weighted by Crippen LogP contribution is -1.93. The van der Waals surface area contributed by atoms with Crippen LogP contribution in [-0.2, 0) is 9.59 Å². The zero-order valence-corrected chi connectivity index (χ0v) is 5.84. The number of isocyanates is 1. The van der Waals surface area contributed by atoms with Crippen LogP contribution >= 0.6 is 0 Å². The maximum atomic E-state index is 9.86. The summed E-state index contributed by atoms with van der Waals surface area (Å²) < 4.78 is 0. The molecular weight excluding hydrogens is 134 g/mol. The molecule has 56 valence electrons. The van der Waals surface area contributed by atoms with Crippen molar-refractivity contribution in [2.24, 2.45) is 0 Å². The number of rotatable bonds is 1. The number of hydrogen-bond donors (Lipinski definition) is 2. The highest BCUT2D eigenvalue weighted by atomic mass is 16.4. The molecule has 0 radical (unpaired) electrons. The van der Waals surface area contributed by atoms with Gasteiger partial charge in [0.1, 0.15) is 0 Å². The Morgan fingerprint density at radius 2 is 2.00 bits per heavy atom. The molecule has 0 saturated heterocycles. The topological polar surface area (TPSA) is 78.2 Å². The summed E-state index contributed by atoms with van der Waals surface area (Å²) >= 11 is 0. The largest absolute Gasteiger partial charge is 0.478 e. The summed E-state index contributed by atoms with van der Waals surface area (Å²) in [7, 11) is 0. The summed E-state index contributed by atoms with van der Waals surface area (Å²) in [6.45, 7) is 3.26. The van der Waals surface area contributed by atoms with E-state index in [1.54, 1.807) is 19.9 Å². The first-order valence-corrected chi connectivity index (χ1v) is 2.50. The van der Waals surface area contributed by atoms with Crippen LogP contribution in [0.15, 0.2) is 11.6 Å². The van der Waals surface area contributed by atoms with Gasteiger partial charge in [0.15, 0.2) is 0 Å². The molecule has 0 spiro atoms. The molecule has 4 nitrogen and oxygen atoms in total. The van der Waals surface area contributed by atoms with E-state index in [9.17, 15) is 4.79 Å². The zero-order valence-electron chi connectivity index (χ0n) is 5.84. The van der Waals surface area contributed by atoms with E-state index in [1.165, 1.54) is 0 Å². The lowest BCUT2D eigenvalue weighted by Gasteiger charge is -1.84. The maximum Gasteiger partial charge on any atom is 0.330 e. The number of carbonyl (C=O) groups is 1. The highest BCUT2D eigenvalue weighted by molar-refractivity contribution is 5.85. The van der Waals surface area contributed by atoms with Crippen molar-refractivity contribution in [1.29, 1.82) is 5.41 Å². The molecule has 0 aliphatic carbocycles. The summed E-state index contributed by atoms with van der Waals surface area (Å²) in [5, 5.41) is 13.5. The van der Waals surface area contributed by atoms with Crippen molar-refractivity contribution >= 4 is 12.0 Å². The van der Waals surface area contributed by atoms with Crippen molar-refractivity contribution in [2.45, 2.75) is 13.8 Å². The minimum Gasteiger partial charge on any atom is -0.478 e. The van der Waals surface area contributed by atoms with Gasteiger partial charge in [-0.05, 0) is 13.8 Å². The van der Waals surface area contributed by atoms with Crippen molar-refractivity contribution in [3.8, 4) is 0 Å². The Balaban J connectivity index is 0. The molecule has 0 amide bonds. The first-order valence-electron chi connectivity index (χ1n) is 2.50. The predicted octanol–water partition coefficient (Wildman–Crippen LogP) is 0.938. The summed E-state index contributed by atoms with van der Waals surface area (Å²) in [4.78, 5) is 18.2. The molecule has 0 saturated carbocycles. The van der Waals surface area contributed by atoms with Gasteiger partial charge in [0.05, 0.1) is 0 Å². The molecule has 0 aromatic rings. The third kappa shape index (κ3) is 9.77. The molecule has 0 aromatic heterocycles. The third-order valence-corrected chi connectivity index (χ3v) is 0.770. The number of carboxylic acid groups (broad SMARTS) is 1. The van der Waals surface area contributed by atoms with Crippen LogP contribution in [0.25, 0.3) is 0 Å². The standard InChI is InChI=1S/C5H8O2.CHNO/c1-3-4(2)5(6)7;2-1-3/h3H,1-2H3,(H,6,7);2H. The lowest BCUT2D eigenvalue weighted by atomic mass is 10.3. The molecule has 0 aromatic carbocycles. The number of hydrogen-bond acceptors (Lipinski definition) is 3. The highest BCUT2D eigenvalue weighted by Gasteiger charge is 1.93. The van der Waals surface area contributed by atoms with Gasteiger partial charge in [0, 0.05) is 5.57 Å². The molecular formula is C6H9NO3. The summed E-state index contributed by atoms with van der Waals surface area (Å²) in [5.74, 6) is -0.845. The second-order valence-corrected chi connectivity index (χ2v) is 1.38. The Bertz CT molecular complexity index is 166. The van der Waals surface area contributed by atoms with Crippen molar-refractivity contribution < 1.29 is 14.7 Å². The Hall–Kier alpha value is -1.41. The summed E-state index contributed by atoms with van der Waals surface area (Å²) in [6.07, 6.45) is 2.31. The normalized spacial score (nSPS) is 8.80. The second kappa shape index (κ2) is 7.59. The summed E-state index contributed by atoms with van der Waals surface area (Å²) in [6, 6.07) is 0. The number of carboxylic acids is 1. The predicted molar refractivity (Wildman–Crippen MR) is 35.5 cm³/mol. The smallest absolute Gasteiger partial charge is 0.330 e. The van der Waals surface area contributed by atoms with Crippen molar-refractivity contribution in [1.82, 2.24) is 0 Å². The Kier molecular flexibility index (Phi) is 8.65. The molecule has 4 heteroatoms. The molecule has 0 unspecified atom stereocenters. The zero-order chi connectivity index (χ0) is 8.57. The average molecular weight is 143 g/mol. The van der Waals surface area contributed by atoms with Crippen molar-refractivity contribution in [2.75, 3.05) is 0 Å². The van der Waals surface area contributed by atoms with Crippen molar-refractivity contribution in [3.63, 3.8) is 0 Å². The fourth-order valence-corrected chi connectivity index (χ4v) is 0.123. The van der Waals surface area contributed by atoms with Crippen LogP contribution in [0, 0.1) is 5.41 Å². The molecule has 0 rings (SSSR count). The Morgan fingerprint density at radius 1 is 1.70 bits per heavy atom. The van der Waals surface area contributed by atoms with Gasteiger partial charge in [0.2, 0.25) is 6.08 Å². The quantitative estimate of drug-likeness (QED) is 0.325. The van der Waals surface area contributed by atoms with E-state index in [-0.39, 0.29) is 0 Å². The third-order valence-electron chi connectivity index (χ3n) is 0.770. The average Bonchev–Trinajstić information content (AvgIpc) is 1.88. The van der Waals surface area contributed by atoms with Gasteiger partial charge in [-0.3, -0.25) is 0 Å². The number of aliphatic carboxylic acids is 1. The van der Waals surface area contributed by atoms with Gasteiger partial charge in [-0.15, -0.1) is 0 Å². The van der Waals surface area contributed by atoms with Crippen LogP contribution in [-0.4, -0.2) is 17.2 Å². The van der Waals surface area contributed by atoms with E-state index in [0.29, 0.717) is 5.57 Å². The molecule has 0 atom stereocenters. The lowest BCUT2D eigenvalue weighted by molar-refractivity contribution is -0.132. The molecule has 0 fully saturated rings. The first-order chi connectivity index (χ1) is 4.59. The Morgan fingerprint density at radius 3 is 2.00 bits per heavy atom. The molecule has 10 heavy (non-hydrogen) atoms. The van der Waals surface area contributed by atoms with Gasteiger partial charge < -0.3 is 5.11 Å². The molecule has 0 aliphatic heterocycles. The monoisotopic (exact) mass is 143 g/mol. The SMILES string of the molecule is CC=C(C)C(=O)O.N=C=O. The fraction of sp³-hybridized carbons (Fsp3) is 0.333. The molecule has 2 N–H and O–H groups in total. The number of allylic oxidation sites excluding steroid dienone is 1. The molecule has 0 aliphatic rings. The van der Waals surface area contributed by atoms with Crippen LogP contribution in [0.5, 0.6) is 0 Å². The number of carbonyl (C=O) groups excluding carboxylic acids is 1. The van der Waals surface area contributed by atoms with Gasteiger partial charge in [-0.2, -0.15) is 0 Å². The first kappa shape index (κ1) is 11.4. The second-order valence-electron chi connectivity index (χ2n) is 1.38. The number of nitrogens with one attached hydrogen (secondary N) is 1.